The van der Waals surface area contributed by atoms with Gasteiger partial charge in [0, 0.05) is 44.8 Å². The highest BCUT2D eigenvalue weighted by Gasteiger charge is 2.30. The van der Waals surface area contributed by atoms with Gasteiger partial charge >= 0.3 is 0 Å². The lowest BCUT2D eigenvalue weighted by Crippen LogP contribution is -2.51. The summed E-state index contributed by atoms with van der Waals surface area (Å²) < 4.78 is 25.5. The highest BCUT2D eigenvalue weighted by atomic mass is 35.5. The Morgan fingerprint density at radius 1 is 1.34 bits per heavy atom. The highest BCUT2D eigenvalue weighted by molar-refractivity contribution is 6.36. The number of piperidine rings is 1. The molecule has 2 heterocycles. The summed E-state index contributed by atoms with van der Waals surface area (Å²) in [6, 6.07) is 4.35. The molecular formula is C22H31Cl3FN3O3. The molecule has 1 aliphatic heterocycles. The van der Waals surface area contributed by atoms with Crippen molar-refractivity contribution >= 4 is 53.2 Å². The van der Waals surface area contributed by atoms with Crippen molar-refractivity contribution in [2.45, 2.75) is 45.2 Å². The van der Waals surface area contributed by atoms with Crippen LogP contribution in [-0.4, -0.2) is 61.3 Å². The number of ether oxygens (including phenoxy) is 2. The molecular weight excluding hydrogens is 480 g/mol. The first-order valence-electron chi connectivity index (χ1n) is 10.4. The quantitative estimate of drug-likeness (QED) is 0.512. The zero-order valence-corrected chi connectivity index (χ0v) is 20.9. The molecule has 1 aromatic heterocycles. The Hall–Kier alpha value is -1.38. The van der Waals surface area contributed by atoms with E-state index in [1.165, 1.54) is 12.1 Å². The molecule has 1 fully saturated rings. The molecule has 6 nitrogen and oxygen atoms in total. The zero-order chi connectivity index (χ0) is 21.7. The Morgan fingerprint density at radius 2 is 2.09 bits per heavy atom. The number of hydrogen-bond donors (Lipinski definition) is 1. The molecule has 1 aromatic carbocycles. The van der Waals surface area contributed by atoms with E-state index in [0.29, 0.717) is 35.8 Å². The molecule has 0 saturated carbocycles. The third-order valence-electron chi connectivity index (χ3n) is 5.25. The molecule has 0 aliphatic carbocycles. The maximum Gasteiger partial charge on any atom is 0.273 e. The average Bonchev–Trinajstić information content (AvgIpc) is 2.74. The van der Waals surface area contributed by atoms with E-state index in [0.717, 1.165) is 25.9 Å². The number of carbonyl (C=O) groups excluding carboxylic acids is 1. The van der Waals surface area contributed by atoms with Crippen LogP contribution in [-0.2, 0) is 4.74 Å². The van der Waals surface area contributed by atoms with Crippen molar-refractivity contribution < 1.29 is 18.7 Å². The summed E-state index contributed by atoms with van der Waals surface area (Å²) >= 11 is 6.33. The number of aromatic nitrogens is 1. The molecule has 1 aliphatic rings. The van der Waals surface area contributed by atoms with Gasteiger partial charge in [0.1, 0.15) is 22.8 Å². The maximum atomic E-state index is 14.6. The summed E-state index contributed by atoms with van der Waals surface area (Å²) in [6.07, 6.45) is 2.58. The Balaban J connectivity index is 0.00000256. The van der Waals surface area contributed by atoms with Crippen molar-refractivity contribution in [2.75, 3.05) is 33.4 Å². The predicted octanol–water partition coefficient (Wildman–Crippen LogP) is 4.89. The summed E-state index contributed by atoms with van der Waals surface area (Å²) in [6.45, 7) is 6.53. The Labute approximate surface area is 206 Å². The van der Waals surface area contributed by atoms with Crippen LogP contribution in [0.4, 0.5) is 4.39 Å². The van der Waals surface area contributed by atoms with Gasteiger partial charge in [-0.15, -0.1) is 24.8 Å². The van der Waals surface area contributed by atoms with Gasteiger partial charge in [-0.1, -0.05) is 11.6 Å². The third kappa shape index (κ3) is 6.58. The molecule has 0 spiro atoms. The lowest BCUT2D eigenvalue weighted by atomic mass is 10.0. The Morgan fingerprint density at radius 3 is 2.72 bits per heavy atom. The molecule has 10 heteroatoms. The van der Waals surface area contributed by atoms with Crippen molar-refractivity contribution in [2.24, 2.45) is 0 Å². The monoisotopic (exact) mass is 509 g/mol. The van der Waals surface area contributed by atoms with Crippen LogP contribution < -0.4 is 10.1 Å². The molecule has 0 bridgehead atoms. The van der Waals surface area contributed by atoms with Crippen molar-refractivity contribution in [3.63, 3.8) is 0 Å². The maximum absolute atomic E-state index is 14.6. The first-order valence-corrected chi connectivity index (χ1v) is 10.8. The van der Waals surface area contributed by atoms with Gasteiger partial charge in [-0.05, 0) is 45.4 Å². The van der Waals surface area contributed by atoms with Crippen LogP contribution in [0.15, 0.2) is 18.2 Å². The zero-order valence-electron chi connectivity index (χ0n) is 18.5. The van der Waals surface area contributed by atoms with Gasteiger partial charge in [0.05, 0.1) is 17.0 Å². The van der Waals surface area contributed by atoms with Crippen LogP contribution >= 0.6 is 36.4 Å². The first-order chi connectivity index (χ1) is 14.4. The summed E-state index contributed by atoms with van der Waals surface area (Å²) in [4.78, 5) is 19.7. The smallest absolute Gasteiger partial charge is 0.273 e. The third-order valence-corrected chi connectivity index (χ3v) is 5.56. The molecule has 2 aromatic rings. The van der Waals surface area contributed by atoms with Gasteiger partial charge < -0.3 is 19.7 Å². The number of amides is 1. The van der Waals surface area contributed by atoms with Crippen LogP contribution in [0.5, 0.6) is 5.75 Å². The second-order valence-corrected chi connectivity index (χ2v) is 8.17. The minimum Gasteiger partial charge on any atom is -0.493 e. The molecule has 1 amide bonds. The normalized spacial score (nSPS) is 15.8. The van der Waals surface area contributed by atoms with E-state index in [2.05, 4.69) is 10.3 Å². The Bertz CT molecular complexity index is 896. The van der Waals surface area contributed by atoms with Crippen molar-refractivity contribution in [3.8, 4) is 5.75 Å². The second kappa shape index (κ2) is 13.4. The molecule has 1 N–H and O–H groups in total. The Kier molecular flexibility index (Phi) is 12.0. The van der Waals surface area contributed by atoms with Gasteiger partial charge in [0.15, 0.2) is 0 Å². The number of rotatable bonds is 8. The predicted molar refractivity (Wildman–Crippen MR) is 130 cm³/mol. The minimum atomic E-state index is -0.541. The molecule has 3 rings (SSSR count). The van der Waals surface area contributed by atoms with E-state index in [9.17, 15) is 9.18 Å². The highest BCUT2D eigenvalue weighted by Crippen LogP contribution is 2.34. The van der Waals surface area contributed by atoms with Gasteiger partial charge in [-0.3, -0.25) is 4.79 Å². The van der Waals surface area contributed by atoms with E-state index in [-0.39, 0.29) is 54.0 Å². The van der Waals surface area contributed by atoms with E-state index in [4.69, 9.17) is 21.1 Å². The van der Waals surface area contributed by atoms with Gasteiger partial charge in [-0.2, -0.15) is 0 Å². The number of nitrogens with zero attached hydrogens (tertiary/aromatic N) is 2. The molecule has 1 saturated heterocycles. The number of benzene rings is 1. The number of hydrogen-bond acceptors (Lipinski definition) is 5. The fraction of sp³-hybridized carbons (Fsp3) is 0.545. The van der Waals surface area contributed by atoms with Crippen molar-refractivity contribution in [1.29, 1.82) is 0 Å². The topological polar surface area (TPSA) is 63.7 Å². The lowest BCUT2D eigenvalue weighted by Gasteiger charge is -2.37. The van der Waals surface area contributed by atoms with E-state index < -0.39 is 5.82 Å². The van der Waals surface area contributed by atoms with E-state index >= 15 is 0 Å². The number of pyridine rings is 1. The molecule has 180 valence electrons. The van der Waals surface area contributed by atoms with Crippen LogP contribution in [0.1, 0.15) is 43.6 Å². The summed E-state index contributed by atoms with van der Waals surface area (Å²) in [7, 11) is 1.62. The number of carbonyl (C=O) groups is 1. The fourth-order valence-electron chi connectivity index (χ4n) is 3.87. The SMILES string of the molecule is COCCCOc1cc(C(=O)N(C(C)C)[C@@H]2CCCNC2)nc2c(F)ccc(Cl)c12.Cl.Cl. The molecule has 1 atom stereocenters. The van der Waals surface area contributed by atoms with Crippen molar-refractivity contribution in [3.05, 3.63) is 34.7 Å². The first kappa shape index (κ1) is 28.7. The fourth-order valence-corrected chi connectivity index (χ4v) is 4.11. The van der Waals surface area contributed by atoms with Gasteiger partial charge in [-0.25, -0.2) is 9.37 Å². The van der Waals surface area contributed by atoms with Crippen molar-refractivity contribution in [1.82, 2.24) is 15.2 Å². The standard InChI is InChI=1S/C22H29ClFN3O3.2ClH/c1-14(2)27(15-6-4-9-25-13-15)22(28)18-12-19(30-11-5-10-29-3)20-16(23)7-8-17(24)21(20)26-18;;/h7-8,12,14-15,25H,4-6,9-11,13H2,1-3H3;2*1H/t15-;;/m1../s1. The van der Waals surface area contributed by atoms with Gasteiger partial charge in [0.2, 0.25) is 0 Å². The molecule has 32 heavy (non-hydrogen) atoms. The molecule has 0 unspecified atom stereocenters. The number of halogens is 4. The van der Waals surface area contributed by atoms with Crippen LogP contribution in [0.3, 0.4) is 0 Å². The second-order valence-electron chi connectivity index (χ2n) is 7.76. The van der Waals surface area contributed by atoms with Crippen LogP contribution in [0.25, 0.3) is 10.9 Å². The van der Waals surface area contributed by atoms with E-state index in [1.54, 1.807) is 13.2 Å². The summed E-state index contributed by atoms with van der Waals surface area (Å²) in [5.74, 6) is -0.419. The number of methoxy groups -OCH3 is 1. The van der Waals surface area contributed by atoms with Crippen LogP contribution in [0, 0.1) is 5.82 Å². The number of nitrogens with one attached hydrogen (secondary N) is 1. The van der Waals surface area contributed by atoms with Crippen LogP contribution in [0.2, 0.25) is 5.02 Å². The minimum absolute atomic E-state index is 0. The largest absolute Gasteiger partial charge is 0.493 e. The number of fused-ring (bicyclic) bond motifs is 1. The average molecular weight is 511 g/mol. The van der Waals surface area contributed by atoms with Gasteiger partial charge in [0.25, 0.3) is 5.91 Å². The summed E-state index contributed by atoms with van der Waals surface area (Å²) in [5.41, 5.74) is 0.199. The molecule has 0 radical (unpaired) electrons. The lowest BCUT2D eigenvalue weighted by molar-refractivity contribution is 0.0567. The summed E-state index contributed by atoms with van der Waals surface area (Å²) in [5, 5.41) is 4.05. The van der Waals surface area contributed by atoms with E-state index in [1.807, 2.05) is 18.7 Å².